The predicted octanol–water partition coefficient (Wildman–Crippen LogP) is 3.70. The van der Waals surface area contributed by atoms with Gasteiger partial charge in [0, 0.05) is 31.4 Å². The maximum Gasteiger partial charge on any atom is 0.113 e. The average Bonchev–Trinajstić information content (AvgIpc) is 3.05. The number of rotatable bonds is 7. The van der Waals surface area contributed by atoms with Crippen LogP contribution in [0, 0.1) is 6.92 Å². The number of imidazole rings is 1. The second-order valence-electron chi connectivity index (χ2n) is 6.26. The summed E-state index contributed by atoms with van der Waals surface area (Å²) in [5, 5.41) is 6.26. The van der Waals surface area contributed by atoms with Gasteiger partial charge in [0.2, 0.25) is 0 Å². The van der Waals surface area contributed by atoms with Gasteiger partial charge in [0.25, 0.3) is 0 Å². The van der Waals surface area contributed by atoms with Gasteiger partial charge in [-0.15, -0.1) is 0 Å². The Kier molecular flexibility index (Phi) is 5.39. The molecular weight excluding hydrogens is 322 g/mol. The monoisotopic (exact) mass is 347 g/mol. The van der Waals surface area contributed by atoms with Crippen molar-refractivity contribution in [2.24, 2.45) is 5.73 Å². The zero-order chi connectivity index (χ0) is 18.5. The van der Waals surface area contributed by atoms with Crippen molar-refractivity contribution in [2.45, 2.75) is 13.3 Å². The van der Waals surface area contributed by atoms with Crippen LogP contribution in [0.1, 0.15) is 11.4 Å². The first-order valence-electron chi connectivity index (χ1n) is 8.67. The molecule has 0 aliphatic carbocycles. The number of hydrogen-bond acceptors (Lipinski definition) is 4. The fraction of sp³-hybridized carbons (Fsp3) is 0.190. The Morgan fingerprint density at radius 1 is 1.23 bits per heavy atom. The van der Waals surface area contributed by atoms with Crippen LogP contribution in [0.3, 0.4) is 0 Å². The average molecular weight is 347 g/mol. The van der Waals surface area contributed by atoms with Crippen molar-refractivity contribution >= 4 is 16.7 Å². The molecule has 0 fully saturated rings. The number of nitrogens with zero attached hydrogens (tertiary/aromatic N) is 1. The molecule has 1 aromatic heterocycles. The zero-order valence-corrected chi connectivity index (χ0v) is 15.3. The van der Waals surface area contributed by atoms with Crippen LogP contribution >= 0.6 is 0 Å². The molecule has 134 valence electrons. The standard InChI is InChI=1S/C21H25N5/c1-14-11-17(16-5-7-18(23-3)8-6-16)13-19-21(14)26-20(25-19)12-15(2)24-10-4-9-22/h4-8,10-11,13,23-24H,2,9,12,22H2,1,3H3,(H,25,26)/b10-4-. The van der Waals surface area contributed by atoms with E-state index in [2.05, 4.69) is 65.5 Å². The highest BCUT2D eigenvalue weighted by molar-refractivity contribution is 5.85. The van der Waals surface area contributed by atoms with E-state index in [1.807, 2.05) is 19.3 Å². The molecular formula is C21H25N5. The molecule has 2 aromatic carbocycles. The van der Waals surface area contributed by atoms with Crippen molar-refractivity contribution < 1.29 is 0 Å². The zero-order valence-electron chi connectivity index (χ0n) is 15.3. The van der Waals surface area contributed by atoms with E-state index in [-0.39, 0.29) is 0 Å². The number of hydrogen-bond donors (Lipinski definition) is 4. The fourth-order valence-corrected chi connectivity index (χ4v) is 2.92. The van der Waals surface area contributed by atoms with Gasteiger partial charge in [-0.3, -0.25) is 0 Å². The Labute approximate surface area is 154 Å². The van der Waals surface area contributed by atoms with Gasteiger partial charge in [0.05, 0.1) is 11.0 Å². The molecule has 0 spiro atoms. The number of benzene rings is 2. The third kappa shape index (κ3) is 3.95. The van der Waals surface area contributed by atoms with Crippen LogP contribution in [-0.2, 0) is 6.42 Å². The predicted molar refractivity (Wildman–Crippen MR) is 110 cm³/mol. The first kappa shape index (κ1) is 17.8. The van der Waals surface area contributed by atoms with Gasteiger partial charge in [-0.25, -0.2) is 4.98 Å². The van der Waals surface area contributed by atoms with Gasteiger partial charge >= 0.3 is 0 Å². The quantitative estimate of drug-likeness (QED) is 0.525. The van der Waals surface area contributed by atoms with Crippen LogP contribution in [0.25, 0.3) is 22.2 Å². The van der Waals surface area contributed by atoms with Crippen molar-refractivity contribution in [3.05, 3.63) is 72.3 Å². The lowest BCUT2D eigenvalue weighted by molar-refractivity contribution is 0.921. The van der Waals surface area contributed by atoms with Crippen LogP contribution < -0.4 is 16.4 Å². The van der Waals surface area contributed by atoms with E-state index in [1.54, 1.807) is 0 Å². The first-order valence-corrected chi connectivity index (χ1v) is 8.67. The molecule has 5 N–H and O–H groups in total. The Balaban J connectivity index is 1.86. The number of aromatic nitrogens is 2. The number of nitrogens with two attached hydrogens (primary N) is 1. The minimum absolute atomic E-state index is 0.502. The Morgan fingerprint density at radius 3 is 2.69 bits per heavy atom. The van der Waals surface area contributed by atoms with Gasteiger partial charge in [0.15, 0.2) is 0 Å². The van der Waals surface area contributed by atoms with Crippen LogP contribution in [0.15, 0.2) is 61.0 Å². The summed E-state index contributed by atoms with van der Waals surface area (Å²) in [6.07, 6.45) is 4.29. The summed E-state index contributed by atoms with van der Waals surface area (Å²) >= 11 is 0. The molecule has 1 heterocycles. The molecule has 0 amide bonds. The third-order valence-corrected chi connectivity index (χ3v) is 4.26. The number of fused-ring (bicyclic) bond motifs is 1. The van der Waals surface area contributed by atoms with Crippen molar-refractivity contribution in [2.75, 3.05) is 18.9 Å². The Morgan fingerprint density at radius 2 is 2.00 bits per heavy atom. The molecule has 0 saturated heterocycles. The van der Waals surface area contributed by atoms with Crippen LogP contribution in [0.2, 0.25) is 0 Å². The molecule has 0 unspecified atom stereocenters. The Hall–Kier alpha value is -3.05. The Bertz CT molecular complexity index is 935. The number of nitrogens with one attached hydrogen (secondary N) is 3. The first-order chi connectivity index (χ1) is 12.6. The van der Waals surface area contributed by atoms with Gasteiger partial charge in [-0.05, 0) is 54.1 Å². The van der Waals surface area contributed by atoms with E-state index in [9.17, 15) is 0 Å². The third-order valence-electron chi connectivity index (χ3n) is 4.26. The summed E-state index contributed by atoms with van der Waals surface area (Å²) in [4.78, 5) is 8.14. The number of anilines is 1. The highest BCUT2D eigenvalue weighted by Gasteiger charge is 2.09. The van der Waals surface area contributed by atoms with Gasteiger partial charge in [-0.1, -0.05) is 24.8 Å². The minimum atomic E-state index is 0.502. The highest BCUT2D eigenvalue weighted by Crippen LogP contribution is 2.27. The van der Waals surface area contributed by atoms with Gasteiger partial charge < -0.3 is 21.4 Å². The summed E-state index contributed by atoms with van der Waals surface area (Å²) in [5.74, 6) is 0.893. The lowest BCUT2D eigenvalue weighted by Crippen LogP contribution is -2.08. The molecule has 26 heavy (non-hydrogen) atoms. The summed E-state index contributed by atoms with van der Waals surface area (Å²) in [6.45, 7) is 6.62. The van der Waals surface area contributed by atoms with E-state index >= 15 is 0 Å². The van der Waals surface area contributed by atoms with Crippen LogP contribution in [-0.4, -0.2) is 23.6 Å². The largest absolute Gasteiger partial charge is 0.388 e. The number of allylic oxidation sites excluding steroid dienone is 1. The second-order valence-corrected chi connectivity index (χ2v) is 6.26. The molecule has 3 rings (SSSR count). The molecule has 5 nitrogen and oxygen atoms in total. The van der Waals surface area contributed by atoms with Gasteiger partial charge in [0.1, 0.15) is 5.82 Å². The fourth-order valence-electron chi connectivity index (χ4n) is 2.92. The molecule has 0 bridgehead atoms. The summed E-state index contributed by atoms with van der Waals surface area (Å²) in [7, 11) is 1.92. The van der Waals surface area contributed by atoms with Crippen molar-refractivity contribution in [3.63, 3.8) is 0 Å². The normalized spacial score (nSPS) is 11.2. The molecule has 0 radical (unpaired) electrons. The van der Waals surface area contributed by atoms with E-state index in [4.69, 9.17) is 10.7 Å². The summed E-state index contributed by atoms with van der Waals surface area (Å²) in [6, 6.07) is 12.7. The summed E-state index contributed by atoms with van der Waals surface area (Å²) < 4.78 is 0. The molecule has 0 atom stereocenters. The molecule has 3 aromatic rings. The second kappa shape index (κ2) is 7.89. The molecule has 5 heteroatoms. The lowest BCUT2D eigenvalue weighted by Gasteiger charge is -2.06. The maximum absolute atomic E-state index is 5.43. The van der Waals surface area contributed by atoms with Crippen molar-refractivity contribution in [3.8, 4) is 11.1 Å². The SMILES string of the molecule is C=C(Cc1nc2c(C)cc(-c3ccc(NC)cc3)cc2[nH]1)N/C=C\CN. The van der Waals surface area contributed by atoms with E-state index in [1.165, 1.54) is 11.1 Å². The van der Waals surface area contributed by atoms with Crippen LogP contribution in [0.4, 0.5) is 5.69 Å². The maximum atomic E-state index is 5.43. The topological polar surface area (TPSA) is 78.8 Å². The number of H-pyrrole nitrogens is 1. The van der Waals surface area contributed by atoms with Crippen molar-refractivity contribution in [1.29, 1.82) is 0 Å². The molecule has 0 aliphatic rings. The van der Waals surface area contributed by atoms with E-state index in [0.717, 1.165) is 33.8 Å². The van der Waals surface area contributed by atoms with Crippen LogP contribution in [0.5, 0.6) is 0 Å². The number of aromatic amines is 1. The lowest BCUT2D eigenvalue weighted by atomic mass is 10.0. The smallest absolute Gasteiger partial charge is 0.113 e. The van der Waals surface area contributed by atoms with Gasteiger partial charge in [-0.2, -0.15) is 0 Å². The number of aryl methyl sites for hydroxylation is 1. The molecule has 0 saturated carbocycles. The molecule has 0 aliphatic heterocycles. The highest BCUT2D eigenvalue weighted by atomic mass is 14.9. The van der Waals surface area contributed by atoms with E-state index < -0.39 is 0 Å². The van der Waals surface area contributed by atoms with E-state index in [0.29, 0.717) is 13.0 Å². The summed E-state index contributed by atoms with van der Waals surface area (Å²) in [5.41, 5.74) is 13.0. The minimum Gasteiger partial charge on any atom is -0.388 e. The van der Waals surface area contributed by atoms with Crippen molar-refractivity contribution in [1.82, 2.24) is 15.3 Å².